The van der Waals surface area contributed by atoms with Crippen molar-refractivity contribution in [3.05, 3.63) is 22.4 Å². The van der Waals surface area contributed by atoms with Crippen LogP contribution in [0.4, 0.5) is 13.2 Å². The Labute approximate surface area is 110 Å². The zero-order chi connectivity index (χ0) is 13.8. The molecular weight excluding hydrogens is 261 g/mol. The standard InChI is InChI=1S/C12H19F3N2S/c1-9(2)17(8-11-4-3-5-18-11)7-10(6-16)12(13,14)15/h3-5,9-10H,6-8,16H2,1-2H3. The van der Waals surface area contributed by atoms with Crippen molar-refractivity contribution >= 4 is 11.3 Å². The van der Waals surface area contributed by atoms with E-state index in [1.165, 1.54) is 0 Å². The van der Waals surface area contributed by atoms with E-state index in [1.54, 1.807) is 11.3 Å². The van der Waals surface area contributed by atoms with E-state index in [4.69, 9.17) is 5.73 Å². The van der Waals surface area contributed by atoms with E-state index < -0.39 is 12.1 Å². The van der Waals surface area contributed by atoms with E-state index in [1.807, 2.05) is 36.3 Å². The van der Waals surface area contributed by atoms with Crippen molar-refractivity contribution in [3.63, 3.8) is 0 Å². The molecule has 6 heteroatoms. The molecule has 18 heavy (non-hydrogen) atoms. The first-order valence-electron chi connectivity index (χ1n) is 5.87. The summed E-state index contributed by atoms with van der Waals surface area (Å²) in [6.45, 7) is 3.93. The van der Waals surface area contributed by atoms with Gasteiger partial charge in [0.05, 0.1) is 5.92 Å². The number of rotatable bonds is 6. The minimum absolute atomic E-state index is 0.0461. The van der Waals surface area contributed by atoms with Gasteiger partial charge in [-0.3, -0.25) is 4.90 Å². The molecule has 0 aliphatic rings. The van der Waals surface area contributed by atoms with Crippen LogP contribution >= 0.6 is 11.3 Å². The molecule has 1 aromatic heterocycles. The van der Waals surface area contributed by atoms with Crippen molar-refractivity contribution < 1.29 is 13.2 Å². The number of nitrogens with two attached hydrogens (primary N) is 1. The highest BCUT2D eigenvalue weighted by molar-refractivity contribution is 7.09. The Morgan fingerprint density at radius 2 is 2.06 bits per heavy atom. The fraction of sp³-hybridized carbons (Fsp3) is 0.667. The van der Waals surface area contributed by atoms with Gasteiger partial charge >= 0.3 is 6.18 Å². The van der Waals surface area contributed by atoms with Gasteiger partial charge < -0.3 is 5.73 Å². The first-order chi connectivity index (χ1) is 8.34. The Morgan fingerprint density at radius 3 is 2.44 bits per heavy atom. The smallest absolute Gasteiger partial charge is 0.330 e. The van der Waals surface area contributed by atoms with E-state index in [9.17, 15) is 13.2 Å². The minimum Gasteiger partial charge on any atom is -0.330 e. The fourth-order valence-corrected chi connectivity index (χ4v) is 2.38. The number of nitrogens with zero attached hydrogens (tertiary/aromatic N) is 1. The first-order valence-corrected chi connectivity index (χ1v) is 6.75. The molecule has 1 aromatic rings. The highest BCUT2D eigenvalue weighted by atomic mass is 32.1. The lowest BCUT2D eigenvalue weighted by Gasteiger charge is -2.30. The number of halogens is 3. The summed E-state index contributed by atoms with van der Waals surface area (Å²) in [6, 6.07) is 3.90. The quantitative estimate of drug-likeness (QED) is 0.867. The molecule has 1 rings (SSSR count). The average molecular weight is 280 g/mol. The summed E-state index contributed by atoms with van der Waals surface area (Å²) in [6.07, 6.45) is -4.22. The maximum atomic E-state index is 12.7. The number of hydrogen-bond donors (Lipinski definition) is 1. The van der Waals surface area contributed by atoms with Crippen molar-refractivity contribution in [2.24, 2.45) is 11.7 Å². The molecule has 104 valence electrons. The highest BCUT2D eigenvalue weighted by Crippen LogP contribution is 2.27. The van der Waals surface area contributed by atoms with Crippen molar-refractivity contribution in [2.45, 2.75) is 32.6 Å². The van der Waals surface area contributed by atoms with Crippen LogP contribution in [0.2, 0.25) is 0 Å². The fourth-order valence-electron chi connectivity index (χ4n) is 1.66. The molecule has 0 bridgehead atoms. The third-order valence-electron chi connectivity index (χ3n) is 2.87. The molecule has 0 aromatic carbocycles. The normalized spacial score (nSPS) is 14.4. The molecule has 0 saturated carbocycles. The van der Waals surface area contributed by atoms with Crippen LogP contribution in [0.3, 0.4) is 0 Å². The summed E-state index contributed by atoms with van der Waals surface area (Å²) in [5.74, 6) is -1.46. The molecule has 1 unspecified atom stereocenters. The predicted molar refractivity (Wildman–Crippen MR) is 68.5 cm³/mol. The summed E-state index contributed by atoms with van der Waals surface area (Å²) in [5.41, 5.74) is 5.24. The van der Waals surface area contributed by atoms with E-state index >= 15 is 0 Å². The minimum atomic E-state index is -4.22. The Balaban J connectivity index is 2.68. The van der Waals surface area contributed by atoms with Gasteiger partial charge in [-0.1, -0.05) is 6.07 Å². The maximum absolute atomic E-state index is 12.7. The maximum Gasteiger partial charge on any atom is 0.394 e. The topological polar surface area (TPSA) is 29.3 Å². The molecule has 2 N–H and O–H groups in total. The van der Waals surface area contributed by atoms with Gasteiger partial charge in [0.25, 0.3) is 0 Å². The van der Waals surface area contributed by atoms with Crippen LogP contribution in [0.15, 0.2) is 17.5 Å². The van der Waals surface area contributed by atoms with Crippen LogP contribution in [0.5, 0.6) is 0 Å². The van der Waals surface area contributed by atoms with Crippen molar-refractivity contribution in [3.8, 4) is 0 Å². The van der Waals surface area contributed by atoms with Gasteiger partial charge in [0.15, 0.2) is 0 Å². The molecule has 0 amide bonds. The summed E-state index contributed by atoms with van der Waals surface area (Å²) in [7, 11) is 0. The number of thiophene rings is 1. The molecular formula is C12H19F3N2S. The van der Waals surface area contributed by atoms with E-state index in [2.05, 4.69) is 0 Å². The zero-order valence-corrected chi connectivity index (χ0v) is 11.4. The van der Waals surface area contributed by atoms with Crippen LogP contribution in [0.25, 0.3) is 0 Å². The van der Waals surface area contributed by atoms with E-state index in [-0.39, 0.29) is 19.1 Å². The Bertz CT molecular complexity index is 336. The van der Waals surface area contributed by atoms with Crippen LogP contribution in [0, 0.1) is 5.92 Å². The van der Waals surface area contributed by atoms with E-state index in [0.717, 1.165) is 4.88 Å². The van der Waals surface area contributed by atoms with Crippen molar-refractivity contribution in [1.29, 1.82) is 0 Å². The molecule has 0 aliphatic heterocycles. The lowest BCUT2D eigenvalue weighted by Crippen LogP contribution is -2.43. The SMILES string of the molecule is CC(C)N(Cc1cccs1)CC(CN)C(F)(F)F. The third kappa shape index (κ3) is 4.59. The van der Waals surface area contributed by atoms with Gasteiger partial charge in [-0.2, -0.15) is 13.2 Å². The summed E-state index contributed by atoms with van der Waals surface area (Å²) >= 11 is 1.56. The Morgan fingerprint density at radius 1 is 1.39 bits per heavy atom. The lowest BCUT2D eigenvalue weighted by atomic mass is 10.1. The number of hydrogen-bond acceptors (Lipinski definition) is 3. The predicted octanol–water partition coefficient (Wildman–Crippen LogP) is 3.10. The van der Waals surface area contributed by atoms with Crippen molar-refractivity contribution in [2.75, 3.05) is 13.1 Å². The van der Waals surface area contributed by atoms with Gasteiger partial charge in [-0.05, 0) is 25.3 Å². The van der Waals surface area contributed by atoms with Crippen molar-refractivity contribution in [1.82, 2.24) is 4.90 Å². The second-order valence-electron chi connectivity index (χ2n) is 4.58. The second-order valence-corrected chi connectivity index (χ2v) is 5.61. The largest absolute Gasteiger partial charge is 0.394 e. The lowest BCUT2D eigenvalue weighted by molar-refractivity contribution is -0.177. The monoisotopic (exact) mass is 280 g/mol. The molecule has 1 heterocycles. The second kappa shape index (κ2) is 6.54. The molecule has 0 fully saturated rings. The van der Waals surface area contributed by atoms with Gasteiger partial charge in [-0.25, -0.2) is 0 Å². The van der Waals surface area contributed by atoms with Gasteiger partial charge in [0.1, 0.15) is 0 Å². The van der Waals surface area contributed by atoms with Gasteiger partial charge in [-0.15, -0.1) is 11.3 Å². The molecule has 0 saturated heterocycles. The van der Waals surface area contributed by atoms with Crippen LogP contribution in [-0.2, 0) is 6.54 Å². The summed E-state index contributed by atoms with van der Waals surface area (Å²) < 4.78 is 38.2. The molecule has 0 spiro atoms. The van der Waals surface area contributed by atoms with Gasteiger partial charge in [0.2, 0.25) is 0 Å². The Kier molecular flexibility index (Phi) is 5.62. The third-order valence-corrected chi connectivity index (χ3v) is 3.73. The highest BCUT2D eigenvalue weighted by Gasteiger charge is 2.39. The first kappa shape index (κ1) is 15.5. The molecule has 1 atom stereocenters. The summed E-state index contributed by atoms with van der Waals surface area (Å²) in [5, 5.41) is 1.93. The van der Waals surface area contributed by atoms with E-state index in [0.29, 0.717) is 6.54 Å². The summed E-state index contributed by atoms with van der Waals surface area (Å²) in [4.78, 5) is 2.89. The van der Waals surface area contributed by atoms with Crippen LogP contribution in [-0.4, -0.2) is 30.2 Å². The van der Waals surface area contributed by atoms with Crippen LogP contribution < -0.4 is 5.73 Å². The average Bonchev–Trinajstić information content (AvgIpc) is 2.74. The zero-order valence-electron chi connectivity index (χ0n) is 10.6. The molecule has 2 nitrogen and oxygen atoms in total. The molecule has 0 aliphatic carbocycles. The number of alkyl halides is 3. The van der Waals surface area contributed by atoms with Crippen LogP contribution in [0.1, 0.15) is 18.7 Å². The Hall–Kier alpha value is -0.590. The molecule has 0 radical (unpaired) electrons. The van der Waals surface area contributed by atoms with Gasteiger partial charge in [0, 0.05) is 30.6 Å².